The third-order valence-corrected chi connectivity index (χ3v) is 5.04. The van der Waals surface area contributed by atoms with Gasteiger partial charge in [0.25, 0.3) is 0 Å². The smallest absolute Gasteiger partial charge is 0.134 e. The average molecular weight is 347 g/mol. The Balaban J connectivity index is 1.70. The zero-order valence-corrected chi connectivity index (χ0v) is 15.6. The van der Waals surface area contributed by atoms with Crippen LogP contribution in [0.4, 0.5) is 11.6 Å². The third kappa shape index (κ3) is 4.02. The van der Waals surface area contributed by atoms with Crippen LogP contribution in [0, 0.1) is 0 Å². The lowest BCUT2D eigenvalue weighted by Gasteiger charge is -2.28. The number of rotatable bonds is 4. The predicted molar refractivity (Wildman–Crippen MR) is 97.9 cm³/mol. The fourth-order valence-electron chi connectivity index (χ4n) is 2.51. The van der Waals surface area contributed by atoms with E-state index in [0.717, 1.165) is 48.6 Å². The minimum atomic E-state index is 0.0763. The van der Waals surface area contributed by atoms with E-state index in [1.54, 1.807) is 17.7 Å². The van der Waals surface area contributed by atoms with Gasteiger partial charge in [0.15, 0.2) is 0 Å². The van der Waals surface area contributed by atoms with E-state index < -0.39 is 0 Å². The SMILES string of the molecule is C[C@H](Nc1cc(N2CCOCC2)ncn1)c1nc(C(C)(C)C)cs1. The number of anilines is 2. The molecule has 1 atom stereocenters. The quantitative estimate of drug-likeness (QED) is 0.916. The standard InChI is InChI=1S/C17H25N5OS/c1-12(16-21-13(10-24-16)17(2,3)4)20-14-9-15(19-11-18-14)22-5-7-23-8-6-22/h9-12H,5-8H2,1-4H3,(H,18,19,20)/t12-/m0/s1. The number of thiazole rings is 1. The molecular formula is C17H25N5OS. The second-order valence-electron chi connectivity index (χ2n) is 7.05. The predicted octanol–water partition coefficient (Wildman–Crippen LogP) is 3.24. The Labute approximate surface area is 147 Å². The minimum absolute atomic E-state index is 0.0763. The summed E-state index contributed by atoms with van der Waals surface area (Å²) in [5.74, 6) is 1.77. The van der Waals surface area contributed by atoms with Crippen molar-refractivity contribution in [2.75, 3.05) is 36.5 Å². The number of aromatic nitrogens is 3. The van der Waals surface area contributed by atoms with Crippen LogP contribution in [0.2, 0.25) is 0 Å². The molecule has 2 aromatic rings. The molecule has 6 nitrogen and oxygen atoms in total. The van der Waals surface area contributed by atoms with Crippen molar-refractivity contribution in [3.63, 3.8) is 0 Å². The second kappa shape index (κ2) is 7.03. The van der Waals surface area contributed by atoms with Gasteiger partial charge in [0.1, 0.15) is 23.0 Å². The number of hydrogen-bond donors (Lipinski definition) is 1. The molecule has 7 heteroatoms. The Bertz CT molecular complexity index is 676. The molecular weight excluding hydrogens is 322 g/mol. The summed E-state index contributed by atoms with van der Waals surface area (Å²) < 4.78 is 5.40. The molecule has 2 aromatic heterocycles. The van der Waals surface area contributed by atoms with Crippen molar-refractivity contribution in [1.82, 2.24) is 15.0 Å². The van der Waals surface area contributed by atoms with Crippen LogP contribution >= 0.6 is 11.3 Å². The molecule has 1 saturated heterocycles. The van der Waals surface area contributed by atoms with Gasteiger partial charge in [0.05, 0.1) is 24.9 Å². The highest BCUT2D eigenvalue weighted by atomic mass is 32.1. The van der Waals surface area contributed by atoms with Crippen molar-refractivity contribution >= 4 is 23.0 Å². The summed E-state index contributed by atoms with van der Waals surface area (Å²) in [4.78, 5) is 15.7. The van der Waals surface area contributed by atoms with E-state index in [4.69, 9.17) is 9.72 Å². The normalized spacial score (nSPS) is 16.9. The largest absolute Gasteiger partial charge is 0.378 e. The van der Waals surface area contributed by atoms with Crippen LogP contribution in [0.1, 0.15) is 44.4 Å². The lowest BCUT2D eigenvalue weighted by molar-refractivity contribution is 0.122. The third-order valence-electron chi connectivity index (χ3n) is 4.01. The van der Waals surface area contributed by atoms with Crippen LogP contribution in [0.25, 0.3) is 0 Å². The first-order chi connectivity index (χ1) is 11.4. The molecule has 0 aliphatic carbocycles. The summed E-state index contributed by atoms with van der Waals surface area (Å²) in [6.45, 7) is 11.9. The molecule has 130 valence electrons. The van der Waals surface area contributed by atoms with E-state index in [1.165, 1.54) is 0 Å². The van der Waals surface area contributed by atoms with Gasteiger partial charge in [-0.1, -0.05) is 20.8 Å². The van der Waals surface area contributed by atoms with Gasteiger partial charge < -0.3 is 15.0 Å². The summed E-state index contributed by atoms with van der Waals surface area (Å²) in [6, 6.07) is 2.11. The van der Waals surface area contributed by atoms with Crippen LogP contribution in [0.5, 0.6) is 0 Å². The lowest BCUT2D eigenvalue weighted by Crippen LogP contribution is -2.36. The Morgan fingerprint density at radius 3 is 2.67 bits per heavy atom. The van der Waals surface area contributed by atoms with Crippen LogP contribution in [0.3, 0.4) is 0 Å². The highest BCUT2D eigenvalue weighted by molar-refractivity contribution is 7.09. The van der Waals surface area contributed by atoms with Gasteiger partial charge in [0, 0.05) is 30.0 Å². The maximum absolute atomic E-state index is 5.40. The molecule has 0 saturated carbocycles. The molecule has 1 fully saturated rings. The first-order valence-electron chi connectivity index (χ1n) is 8.30. The van der Waals surface area contributed by atoms with Crippen LogP contribution < -0.4 is 10.2 Å². The van der Waals surface area contributed by atoms with Crippen LogP contribution in [-0.2, 0) is 10.2 Å². The molecule has 3 rings (SSSR count). The van der Waals surface area contributed by atoms with E-state index >= 15 is 0 Å². The summed E-state index contributed by atoms with van der Waals surface area (Å²) in [5, 5.41) is 6.66. The summed E-state index contributed by atoms with van der Waals surface area (Å²) in [5.41, 5.74) is 1.21. The molecule has 0 radical (unpaired) electrons. The van der Waals surface area contributed by atoms with Crippen molar-refractivity contribution < 1.29 is 4.74 Å². The van der Waals surface area contributed by atoms with Gasteiger partial charge in [-0.3, -0.25) is 0 Å². The first-order valence-corrected chi connectivity index (χ1v) is 9.18. The molecule has 1 aliphatic heterocycles. The zero-order valence-electron chi connectivity index (χ0n) is 14.7. The summed E-state index contributed by atoms with van der Waals surface area (Å²) in [6.07, 6.45) is 1.61. The fraction of sp³-hybridized carbons (Fsp3) is 0.588. The maximum Gasteiger partial charge on any atom is 0.134 e. The van der Waals surface area contributed by atoms with Crippen molar-refractivity contribution in [3.05, 3.63) is 28.5 Å². The molecule has 1 N–H and O–H groups in total. The molecule has 1 aliphatic rings. The van der Waals surface area contributed by atoms with Crippen LogP contribution in [-0.4, -0.2) is 41.3 Å². The van der Waals surface area contributed by atoms with Gasteiger partial charge in [-0.05, 0) is 6.92 Å². The molecule has 24 heavy (non-hydrogen) atoms. The van der Waals surface area contributed by atoms with E-state index in [9.17, 15) is 0 Å². The van der Waals surface area contributed by atoms with Crippen molar-refractivity contribution in [2.45, 2.75) is 39.2 Å². The minimum Gasteiger partial charge on any atom is -0.378 e. The van der Waals surface area contributed by atoms with Gasteiger partial charge >= 0.3 is 0 Å². The Hall–Kier alpha value is -1.73. The topological polar surface area (TPSA) is 63.2 Å². The van der Waals surface area contributed by atoms with E-state index in [-0.39, 0.29) is 11.5 Å². The highest BCUT2D eigenvalue weighted by Gasteiger charge is 2.20. The molecule has 0 amide bonds. The van der Waals surface area contributed by atoms with E-state index in [2.05, 4.69) is 53.3 Å². The van der Waals surface area contributed by atoms with Gasteiger partial charge in [-0.2, -0.15) is 0 Å². The first kappa shape index (κ1) is 17.1. The Kier molecular flexibility index (Phi) is 5.01. The lowest BCUT2D eigenvalue weighted by atomic mass is 9.93. The zero-order chi connectivity index (χ0) is 17.2. The summed E-state index contributed by atoms with van der Waals surface area (Å²) >= 11 is 1.69. The highest BCUT2D eigenvalue weighted by Crippen LogP contribution is 2.28. The van der Waals surface area contributed by atoms with Crippen molar-refractivity contribution in [3.8, 4) is 0 Å². The van der Waals surface area contributed by atoms with Gasteiger partial charge in [-0.25, -0.2) is 15.0 Å². The van der Waals surface area contributed by atoms with E-state index in [1.807, 2.05) is 6.07 Å². The Morgan fingerprint density at radius 2 is 2.00 bits per heavy atom. The second-order valence-corrected chi connectivity index (χ2v) is 7.94. The van der Waals surface area contributed by atoms with Crippen molar-refractivity contribution in [2.24, 2.45) is 0 Å². The molecule has 3 heterocycles. The van der Waals surface area contributed by atoms with E-state index in [0.29, 0.717) is 0 Å². The number of nitrogens with zero attached hydrogens (tertiary/aromatic N) is 4. The van der Waals surface area contributed by atoms with Gasteiger partial charge in [-0.15, -0.1) is 11.3 Å². The molecule has 0 aromatic carbocycles. The molecule has 0 bridgehead atoms. The number of ether oxygens (including phenoxy) is 1. The maximum atomic E-state index is 5.40. The van der Waals surface area contributed by atoms with Gasteiger partial charge in [0.2, 0.25) is 0 Å². The number of hydrogen-bond acceptors (Lipinski definition) is 7. The summed E-state index contributed by atoms with van der Waals surface area (Å²) in [7, 11) is 0. The number of morpholine rings is 1. The average Bonchev–Trinajstić information content (AvgIpc) is 3.06. The van der Waals surface area contributed by atoms with Crippen molar-refractivity contribution in [1.29, 1.82) is 0 Å². The molecule has 0 unspecified atom stereocenters. The van der Waals surface area contributed by atoms with Crippen LogP contribution in [0.15, 0.2) is 17.8 Å². The monoisotopic (exact) mass is 347 g/mol. The Morgan fingerprint density at radius 1 is 1.25 bits per heavy atom. The fourth-order valence-corrected chi connectivity index (χ4v) is 3.56. The number of nitrogens with one attached hydrogen (secondary N) is 1. The molecule has 0 spiro atoms.